The Morgan fingerprint density at radius 1 is 0.703 bits per heavy atom. The first-order valence-corrected chi connectivity index (χ1v) is 13.5. The molecule has 4 aromatic rings. The van der Waals surface area contributed by atoms with Crippen LogP contribution < -0.4 is 9.80 Å². The van der Waals surface area contributed by atoms with E-state index in [2.05, 4.69) is 82.2 Å². The topological polar surface area (TPSA) is 64.5 Å². The fraction of sp³-hybridized carbons (Fsp3) is 0.357. The number of nitrogens with zero attached hydrogens (tertiary/aromatic N) is 8. The lowest BCUT2D eigenvalue weighted by Gasteiger charge is -2.32. The van der Waals surface area contributed by atoms with Crippen molar-refractivity contribution in [1.29, 1.82) is 0 Å². The van der Waals surface area contributed by atoms with Crippen LogP contribution in [0.3, 0.4) is 0 Å². The smallest absolute Gasteiger partial charge is 0.225 e. The van der Waals surface area contributed by atoms with Crippen LogP contribution in [-0.4, -0.2) is 96.2 Å². The average molecular weight is 562 g/mol. The number of anilines is 2. The second kappa shape index (κ2) is 11.5. The summed E-state index contributed by atoms with van der Waals surface area (Å²) in [6, 6.07) is 12.2. The van der Waals surface area contributed by atoms with Gasteiger partial charge in [-0.05, 0) is 50.0 Å². The first-order chi connectivity index (χ1) is 18.0. The van der Waals surface area contributed by atoms with Gasteiger partial charge >= 0.3 is 0 Å². The van der Waals surface area contributed by atoms with Gasteiger partial charge in [0.05, 0.1) is 11.0 Å². The van der Waals surface area contributed by atoms with Gasteiger partial charge < -0.3 is 19.6 Å². The van der Waals surface area contributed by atoms with E-state index in [4.69, 9.17) is 0 Å². The highest BCUT2D eigenvalue weighted by Crippen LogP contribution is 2.21. The lowest BCUT2D eigenvalue weighted by atomic mass is 10.1. The standard InChI is InChI=1S/C15H18N4.C13H15BrN4/c1-3-12-4-5-14-13(10-12)11-16-15(17-14)19-8-6-18(2)7-9-19;1-17-4-6-18(7-5-17)13-15-9-10-8-11(14)2-3-12(10)16-13/h3-5,10-11H,1,6-9H2,2H3;2-3,8-9H,4-7H2,1H3. The molecule has 0 bridgehead atoms. The molecule has 2 aliphatic rings. The Kier molecular flexibility index (Phi) is 7.93. The van der Waals surface area contributed by atoms with Crippen molar-refractivity contribution in [1.82, 2.24) is 29.7 Å². The number of hydrogen-bond donors (Lipinski definition) is 0. The summed E-state index contributed by atoms with van der Waals surface area (Å²) in [7, 11) is 4.30. The van der Waals surface area contributed by atoms with Crippen molar-refractivity contribution in [3.05, 3.63) is 65.4 Å². The highest BCUT2D eigenvalue weighted by Gasteiger charge is 2.17. The van der Waals surface area contributed by atoms with E-state index in [9.17, 15) is 0 Å². The predicted octanol–water partition coefficient (Wildman–Crippen LogP) is 4.17. The van der Waals surface area contributed by atoms with E-state index in [0.29, 0.717) is 0 Å². The van der Waals surface area contributed by atoms with Crippen LogP contribution in [0.15, 0.2) is 59.8 Å². The van der Waals surface area contributed by atoms with Crippen molar-refractivity contribution >= 4 is 55.7 Å². The number of piperazine rings is 2. The Morgan fingerprint density at radius 2 is 1.19 bits per heavy atom. The van der Waals surface area contributed by atoms with Crippen molar-refractivity contribution < 1.29 is 0 Å². The fourth-order valence-electron chi connectivity index (χ4n) is 4.48. The maximum atomic E-state index is 4.66. The van der Waals surface area contributed by atoms with Gasteiger partial charge in [0.25, 0.3) is 0 Å². The predicted molar refractivity (Wildman–Crippen MR) is 156 cm³/mol. The van der Waals surface area contributed by atoms with Crippen LogP contribution in [0.1, 0.15) is 5.56 Å². The Labute approximate surface area is 226 Å². The van der Waals surface area contributed by atoms with Gasteiger partial charge in [0.1, 0.15) is 0 Å². The van der Waals surface area contributed by atoms with Crippen LogP contribution in [0.25, 0.3) is 27.9 Å². The van der Waals surface area contributed by atoms with Crippen LogP contribution in [0, 0.1) is 0 Å². The van der Waals surface area contributed by atoms with Gasteiger partial charge in [0, 0.05) is 80.0 Å². The largest absolute Gasteiger partial charge is 0.338 e. The van der Waals surface area contributed by atoms with E-state index in [1.54, 1.807) is 0 Å². The third-order valence-corrected chi connectivity index (χ3v) is 7.42. The molecule has 0 spiro atoms. The van der Waals surface area contributed by atoms with E-state index in [1.165, 1.54) is 0 Å². The van der Waals surface area contributed by atoms with Crippen molar-refractivity contribution in [2.75, 3.05) is 76.3 Å². The SMILES string of the molecule is C=Cc1ccc2nc(N3CCN(C)CC3)ncc2c1.CN1CCN(c2ncc3cc(Br)ccc3n2)CC1. The number of likely N-dealkylation sites (N-methyl/N-ethyl adjacent to an activating group) is 2. The van der Waals surface area contributed by atoms with E-state index in [-0.39, 0.29) is 0 Å². The molecule has 0 atom stereocenters. The molecule has 6 rings (SSSR count). The molecule has 0 radical (unpaired) electrons. The van der Waals surface area contributed by atoms with Gasteiger partial charge in [-0.3, -0.25) is 0 Å². The summed E-state index contributed by atoms with van der Waals surface area (Å²) < 4.78 is 1.06. The third kappa shape index (κ3) is 6.23. The van der Waals surface area contributed by atoms with Crippen molar-refractivity contribution in [2.24, 2.45) is 0 Å². The summed E-state index contributed by atoms with van der Waals surface area (Å²) in [6.07, 6.45) is 5.65. The van der Waals surface area contributed by atoms with E-state index in [1.807, 2.05) is 48.8 Å². The highest BCUT2D eigenvalue weighted by atomic mass is 79.9. The summed E-state index contributed by atoms with van der Waals surface area (Å²) >= 11 is 3.46. The van der Waals surface area contributed by atoms with Gasteiger partial charge in [-0.15, -0.1) is 0 Å². The molecule has 2 aliphatic heterocycles. The number of halogens is 1. The minimum absolute atomic E-state index is 0.840. The Hall–Kier alpha value is -3.14. The number of aromatic nitrogens is 4. The Morgan fingerprint density at radius 3 is 1.70 bits per heavy atom. The second-order valence-electron chi connectivity index (χ2n) is 9.65. The van der Waals surface area contributed by atoms with Crippen LogP contribution in [-0.2, 0) is 0 Å². The molecule has 2 aromatic carbocycles. The third-order valence-electron chi connectivity index (χ3n) is 6.93. The molecule has 9 heteroatoms. The minimum Gasteiger partial charge on any atom is -0.338 e. The molecule has 8 nitrogen and oxygen atoms in total. The summed E-state index contributed by atoms with van der Waals surface area (Å²) in [5.74, 6) is 1.69. The number of fused-ring (bicyclic) bond motifs is 2. The average Bonchev–Trinajstić information content (AvgIpc) is 2.93. The van der Waals surface area contributed by atoms with Crippen molar-refractivity contribution in [2.45, 2.75) is 0 Å². The zero-order valence-electron chi connectivity index (χ0n) is 21.5. The zero-order chi connectivity index (χ0) is 25.8. The first-order valence-electron chi connectivity index (χ1n) is 12.7. The maximum Gasteiger partial charge on any atom is 0.225 e. The van der Waals surface area contributed by atoms with E-state index >= 15 is 0 Å². The molecule has 4 heterocycles. The quantitative estimate of drug-likeness (QED) is 0.370. The van der Waals surface area contributed by atoms with E-state index < -0.39 is 0 Å². The van der Waals surface area contributed by atoms with Crippen LogP contribution in [0.4, 0.5) is 11.9 Å². The Balaban J connectivity index is 0.000000152. The van der Waals surface area contributed by atoms with Crippen molar-refractivity contribution in [3.8, 4) is 0 Å². The lowest BCUT2D eigenvalue weighted by molar-refractivity contribution is 0.311. The molecule has 2 aromatic heterocycles. The molecule has 37 heavy (non-hydrogen) atoms. The number of hydrogen-bond acceptors (Lipinski definition) is 8. The molecule has 0 saturated carbocycles. The highest BCUT2D eigenvalue weighted by molar-refractivity contribution is 9.10. The molecule has 0 N–H and O–H groups in total. The normalized spacial score (nSPS) is 17.1. The van der Waals surface area contributed by atoms with Gasteiger partial charge in [0.15, 0.2) is 0 Å². The monoisotopic (exact) mass is 560 g/mol. The molecule has 2 fully saturated rings. The fourth-order valence-corrected chi connectivity index (χ4v) is 4.86. The van der Waals surface area contributed by atoms with Gasteiger partial charge in [-0.1, -0.05) is 34.7 Å². The maximum absolute atomic E-state index is 4.66. The van der Waals surface area contributed by atoms with Crippen LogP contribution in [0.5, 0.6) is 0 Å². The number of benzene rings is 2. The summed E-state index contributed by atoms with van der Waals surface area (Å²) in [5, 5.41) is 2.14. The summed E-state index contributed by atoms with van der Waals surface area (Å²) in [5.41, 5.74) is 3.10. The van der Waals surface area contributed by atoms with Gasteiger partial charge in [-0.2, -0.15) is 0 Å². The van der Waals surface area contributed by atoms with E-state index in [0.717, 1.165) is 96.1 Å². The molecule has 192 valence electrons. The molecule has 0 unspecified atom stereocenters. The van der Waals surface area contributed by atoms with Gasteiger partial charge in [0.2, 0.25) is 11.9 Å². The molecular weight excluding hydrogens is 528 g/mol. The summed E-state index contributed by atoms with van der Waals surface area (Å²) in [6.45, 7) is 12.0. The number of rotatable bonds is 3. The minimum atomic E-state index is 0.840. The lowest BCUT2D eigenvalue weighted by Crippen LogP contribution is -2.45. The molecule has 0 amide bonds. The van der Waals surface area contributed by atoms with Crippen LogP contribution >= 0.6 is 15.9 Å². The van der Waals surface area contributed by atoms with Crippen LogP contribution in [0.2, 0.25) is 0 Å². The van der Waals surface area contributed by atoms with Gasteiger partial charge in [-0.25, -0.2) is 19.9 Å². The zero-order valence-corrected chi connectivity index (χ0v) is 23.1. The molecule has 2 saturated heterocycles. The second-order valence-corrected chi connectivity index (χ2v) is 10.6. The summed E-state index contributed by atoms with van der Waals surface area (Å²) in [4.78, 5) is 27.4. The van der Waals surface area contributed by atoms with Crippen molar-refractivity contribution in [3.63, 3.8) is 0 Å². The first kappa shape index (κ1) is 25.5. The molecular formula is C28H33BrN8. The Bertz CT molecular complexity index is 1380. The molecule has 0 aliphatic carbocycles.